The molecule has 1 aliphatic rings. The third-order valence-corrected chi connectivity index (χ3v) is 5.45. The topological polar surface area (TPSA) is 86.8 Å². The zero-order chi connectivity index (χ0) is 18.8. The van der Waals surface area contributed by atoms with Crippen LogP contribution in [0.5, 0.6) is 0 Å². The Morgan fingerprint density at radius 1 is 1.33 bits per heavy atom. The summed E-state index contributed by atoms with van der Waals surface area (Å²) in [5.74, 6) is -0.504. The fourth-order valence-corrected chi connectivity index (χ4v) is 4.09. The molecule has 0 radical (unpaired) electrons. The van der Waals surface area contributed by atoms with Gasteiger partial charge in [-0.05, 0) is 37.1 Å². The van der Waals surface area contributed by atoms with Crippen molar-refractivity contribution in [2.75, 3.05) is 4.90 Å². The van der Waals surface area contributed by atoms with Crippen LogP contribution in [-0.4, -0.2) is 32.3 Å². The minimum atomic E-state index is -0.339. The van der Waals surface area contributed by atoms with Gasteiger partial charge in [0.15, 0.2) is 5.13 Å². The quantitative estimate of drug-likeness (QED) is 0.704. The molecule has 0 spiro atoms. The second-order valence-electron chi connectivity index (χ2n) is 6.49. The van der Waals surface area contributed by atoms with Crippen LogP contribution in [0, 0.1) is 5.82 Å². The molecule has 140 valence electrons. The largest absolute Gasteiger partial charge is 0.308 e. The van der Waals surface area contributed by atoms with Gasteiger partial charge in [-0.1, -0.05) is 0 Å². The number of carbonyl (C=O) groups is 1. The van der Waals surface area contributed by atoms with E-state index in [1.165, 1.54) is 35.3 Å². The van der Waals surface area contributed by atoms with Crippen molar-refractivity contribution in [1.82, 2.24) is 25.7 Å². The van der Waals surface area contributed by atoms with Gasteiger partial charge in [0.2, 0.25) is 5.91 Å². The van der Waals surface area contributed by atoms with E-state index in [2.05, 4.69) is 25.7 Å². The molecule has 3 aromatic rings. The number of hydrogen-bond acceptors (Lipinski definition) is 6. The van der Waals surface area contributed by atoms with Gasteiger partial charge in [-0.15, -0.1) is 11.3 Å². The molecule has 0 saturated carbocycles. The Labute approximate surface area is 159 Å². The minimum absolute atomic E-state index is 0.165. The fourth-order valence-electron chi connectivity index (χ4n) is 3.21. The van der Waals surface area contributed by atoms with Crippen LogP contribution in [0.4, 0.5) is 15.2 Å². The maximum absolute atomic E-state index is 13.2. The first-order valence-electron chi connectivity index (χ1n) is 8.72. The summed E-state index contributed by atoms with van der Waals surface area (Å²) >= 11 is 1.39. The highest BCUT2D eigenvalue weighted by Gasteiger charge is 2.22. The van der Waals surface area contributed by atoms with Crippen molar-refractivity contribution in [2.24, 2.45) is 0 Å². The summed E-state index contributed by atoms with van der Waals surface area (Å²) in [4.78, 5) is 18.2. The molecule has 1 amide bonds. The van der Waals surface area contributed by atoms with E-state index >= 15 is 0 Å². The molecule has 0 saturated heterocycles. The monoisotopic (exact) mass is 386 g/mol. The fraction of sp³-hybridized carbons (Fsp3) is 0.333. The predicted octanol–water partition coefficient (Wildman–Crippen LogP) is 2.73. The van der Waals surface area contributed by atoms with Gasteiger partial charge < -0.3 is 5.32 Å². The average molecular weight is 386 g/mol. The predicted molar refractivity (Wildman–Crippen MR) is 100 cm³/mol. The van der Waals surface area contributed by atoms with Crippen LogP contribution in [0.1, 0.15) is 30.4 Å². The molecular formula is C18H19FN6OS. The normalized spacial score (nSPS) is 16.1. The number of carbonyl (C=O) groups excluding carboxylic acids is 1. The molecule has 1 unspecified atom stereocenters. The Balaban J connectivity index is 1.43. The second kappa shape index (κ2) is 7.53. The summed E-state index contributed by atoms with van der Waals surface area (Å²) in [6.07, 6.45) is 2.76. The van der Waals surface area contributed by atoms with E-state index in [1.54, 1.807) is 12.1 Å². The summed E-state index contributed by atoms with van der Waals surface area (Å²) in [6.45, 7) is 2.09. The van der Waals surface area contributed by atoms with Crippen LogP contribution >= 0.6 is 11.3 Å². The Morgan fingerprint density at radius 2 is 2.11 bits per heavy atom. The molecule has 2 N–H and O–H groups in total. The molecule has 7 nitrogen and oxygen atoms in total. The van der Waals surface area contributed by atoms with Gasteiger partial charge >= 0.3 is 0 Å². The summed E-state index contributed by atoms with van der Waals surface area (Å²) in [5.41, 5.74) is 3.55. The number of aromatic amines is 1. The third-order valence-electron chi connectivity index (χ3n) is 4.57. The first kappa shape index (κ1) is 17.7. The maximum Gasteiger partial charge on any atom is 0.230 e. The molecule has 0 aliphatic heterocycles. The molecule has 2 aromatic heterocycles. The number of aromatic nitrogens is 4. The van der Waals surface area contributed by atoms with Crippen LogP contribution in [0.15, 0.2) is 29.6 Å². The Kier molecular flexibility index (Phi) is 4.95. The zero-order valence-corrected chi connectivity index (χ0v) is 15.6. The van der Waals surface area contributed by atoms with Gasteiger partial charge in [-0.3, -0.25) is 9.69 Å². The number of aryl methyl sites for hydroxylation is 1. The van der Waals surface area contributed by atoms with E-state index < -0.39 is 0 Å². The molecule has 1 atom stereocenters. The lowest BCUT2D eigenvalue weighted by molar-refractivity contribution is -0.115. The summed E-state index contributed by atoms with van der Waals surface area (Å²) in [5, 5.41) is 17.0. The molecule has 2 heterocycles. The van der Waals surface area contributed by atoms with Crippen molar-refractivity contribution in [3.63, 3.8) is 0 Å². The van der Waals surface area contributed by atoms with E-state index in [9.17, 15) is 9.18 Å². The van der Waals surface area contributed by atoms with Crippen LogP contribution in [0.2, 0.25) is 0 Å². The molecule has 4 rings (SSSR count). The van der Waals surface area contributed by atoms with E-state index in [0.717, 1.165) is 36.3 Å². The third kappa shape index (κ3) is 3.88. The number of rotatable bonds is 5. The Hall–Kier alpha value is -2.65. The molecular weight excluding hydrogens is 367 g/mol. The maximum atomic E-state index is 13.2. The summed E-state index contributed by atoms with van der Waals surface area (Å²) in [6, 6.07) is 6.15. The van der Waals surface area contributed by atoms with E-state index in [0.29, 0.717) is 23.4 Å². The van der Waals surface area contributed by atoms with E-state index in [1.807, 2.05) is 5.38 Å². The smallest absolute Gasteiger partial charge is 0.230 e. The minimum Gasteiger partial charge on any atom is -0.308 e. The summed E-state index contributed by atoms with van der Waals surface area (Å²) < 4.78 is 13.2. The van der Waals surface area contributed by atoms with Gasteiger partial charge in [0, 0.05) is 31.3 Å². The number of halogens is 1. The molecule has 0 bridgehead atoms. The lowest BCUT2D eigenvalue weighted by atomic mass is 9.96. The second-order valence-corrected chi connectivity index (χ2v) is 7.33. The van der Waals surface area contributed by atoms with Crippen molar-refractivity contribution >= 4 is 28.1 Å². The number of H-pyrrole nitrogens is 1. The zero-order valence-electron chi connectivity index (χ0n) is 14.8. The van der Waals surface area contributed by atoms with Gasteiger partial charge in [-0.2, -0.15) is 15.4 Å². The number of nitrogens with one attached hydrogen (secondary N) is 2. The number of fused-ring (bicyclic) bond motifs is 1. The average Bonchev–Trinajstić information content (AvgIpc) is 3.30. The lowest BCUT2D eigenvalue weighted by Crippen LogP contribution is -2.34. The van der Waals surface area contributed by atoms with Crippen LogP contribution < -0.4 is 10.2 Å². The number of benzene rings is 1. The number of hydrogen-bond donors (Lipinski definition) is 2. The van der Waals surface area contributed by atoms with Crippen molar-refractivity contribution in [1.29, 1.82) is 0 Å². The Morgan fingerprint density at radius 3 is 2.89 bits per heavy atom. The van der Waals surface area contributed by atoms with Gasteiger partial charge in [0.05, 0.1) is 22.8 Å². The molecule has 1 aliphatic carbocycles. The summed E-state index contributed by atoms with van der Waals surface area (Å²) in [7, 11) is 0. The first-order chi connectivity index (χ1) is 13.1. The number of nitrogens with zero attached hydrogens (tertiary/aromatic N) is 4. The van der Waals surface area contributed by atoms with E-state index in [-0.39, 0.29) is 11.7 Å². The molecule has 0 fully saturated rings. The molecule has 27 heavy (non-hydrogen) atoms. The highest BCUT2D eigenvalue weighted by atomic mass is 32.1. The highest BCUT2D eigenvalue weighted by Crippen LogP contribution is 2.29. The van der Waals surface area contributed by atoms with Gasteiger partial charge in [-0.25, -0.2) is 9.37 Å². The van der Waals surface area contributed by atoms with Crippen LogP contribution in [-0.2, 0) is 24.2 Å². The van der Waals surface area contributed by atoms with Crippen molar-refractivity contribution < 1.29 is 9.18 Å². The number of anilines is 2. The van der Waals surface area contributed by atoms with Crippen molar-refractivity contribution in [2.45, 2.75) is 38.8 Å². The number of amides is 1. The Bertz CT molecular complexity index is 937. The molecule has 1 aromatic carbocycles. The van der Waals surface area contributed by atoms with Gasteiger partial charge in [0.1, 0.15) is 5.82 Å². The lowest BCUT2D eigenvalue weighted by Gasteiger charge is -2.21. The standard InChI is InChI=1S/C18H19FN6OS/c1-11(26)25(15-5-2-12(19)3-6-15)18-21-14(10-27-18)9-20-13-4-7-16-17(8-13)23-24-22-16/h2-3,5-6,10,13,20H,4,7-9H2,1H3,(H,22,23,24). The van der Waals surface area contributed by atoms with Crippen molar-refractivity contribution in [3.8, 4) is 0 Å². The molecule has 9 heteroatoms. The van der Waals surface area contributed by atoms with Crippen LogP contribution in [0.25, 0.3) is 0 Å². The van der Waals surface area contributed by atoms with Crippen molar-refractivity contribution in [3.05, 3.63) is 52.5 Å². The number of thiazole rings is 1. The van der Waals surface area contributed by atoms with Crippen LogP contribution in [0.3, 0.4) is 0 Å². The SMILES string of the molecule is CC(=O)N(c1ccc(F)cc1)c1nc(CNC2CCc3n[nH]nc3C2)cs1. The highest BCUT2D eigenvalue weighted by molar-refractivity contribution is 7.14. The first-order valence-corrected chi connectivity index (χ1v) is 9.60. The van der Waals surface area contributed by atoms with E-state index in [4.69, 9.17) is 0 Å². The van der Waals surface area contributed by atoms with Gasteiger partial charge in [0.25, 0.3) is 0 Å².